The molecule has 1 unspecified atom stereocenters. The molecule has 0 saturated heterocycles. The molecule has 2 N–H and O–H groups in total. The zero-order chi connectivity index (χ0) is 12.6. The predicted octanol–water partition coefficient (Wildman–Crippen LogP) is -1.52. The van der Waals surface area contributed by atoms with Gasteiger partial charge >= 0.3 is 5.97 Å². The molecule has 96 valence electrons. The quantitative estimate of drug-likeness (QED) is 0.403. The van der Waals surface area contributed by atoms with Crippen LogP contribution in [-0.2, 0) is 24.3 Å². The molecule has 7 nitrogen and oxygen atoms in total. The second-order valence-electron chi connectivity index (χ2n) is 3.04. The summed E-state index contributed by atoms with van der Waals surface area (Å²) in [6.07, 6.45) is 0.311. The van der Waals surface area contributed by atoms with Crippen LogP contribution in [0.1, 0.15) is 6.42 Å². The molecule has 0 aromatic carbocycles. The summed E-state index contributed by atoms with van der Waals surface area (Å²) in [5.41, 5.74) is 0. The zero-order valence-corrected chi connectivity index (χ0v) is 10.1. The fourth-order valence-corrected chi connectivity index (χ4v) is 2.19. The van der Waals surface area contributed by atoms with E-state index in [2.05, 4.69) is 4.74 Å². The minimum absolute atomic E-state index is 0.172. The number of aliphatic hydroxyl groups excluding tert-OH is 1. The van der Waals surface area contributed by atoms with E-state index in [0.717, 1.165) is 7.11 Å². The number of esters is 1. The molecule has 0 bridgehead atoms. The molecule has 0 saturated carbocycles. The van der Waals surface area contributed by atoms with E-state index < -0.39 is 28.6 Å². The smallest absolute Gasteiger partial charge is 0.326 e. The third-order valence-corrected chi connectivity index (χ3v) is 3.22. The number of ether oxygens (including phenoxy) is 2. The third-order valence-electron chi connectivity index (χ3n) is 1.75. The Hall–Kier alpha value is -0.700. The Morgan fingerprint density at radius 2 is 2.06 bits per heavy atom. The van der Waals surface area contributed by atoms with E-state index in [1.54, 1.807) is 0 Å². The molecule has 0 aliphatic carbocycles. The van der Waals surface area contributed by atoms with Gasteiger partial charge in [0.15, 0.2) is 0 Å². The fraction of sp³-hybridized carbons (Fsp3) is 0.875. The van der Waals surface area contributed by atoms with E-state index in [1.165, 1.54) is 7.11 Å². The number of sulfonamides is 1. The van der Waals surface area contributed by atoms with Crippen LogP contribution in [0, 0.1) is 0 Å². The molecular weight excluding hydrogens is 238 g/mol. The van der Waals surface area contributed by atoms with Crippen molar-refractivity contribution in [2.75, 3.05) is 33.2 Å². The highest BCUT2D eigenvalue weighted by molar-refractivity contribution is 7.89. The van der Waals surface area contributed by atoms with E-state index in [9.17, 15) is 13.2 Å². The van der Waals surface area contributed by atoms with Crippen LogP contribution in [0.3, 0.4) is 0 Å². The van der Waals surface area contributed by atoms with Crippen molar-refractivity contribution >= 4 is 16.0 Å². The van der Waals surface area contributed by atoms with E-state index in [-0.39, 0.29) is 5.75 Å². The minimum atomic E-state index is -3.61. The first kappa shape index (κ1) is 15.3. The summed E-state index contributed by atoms with van der Waals surface area (Å²) >= 11 is 0. The van der Waals surface area contributed by atoms with Crippen LogP contribution in [0.2, 0.25) is 0 Å². The second kappa shape index (κ2) is 7.55. The van der Waals surface area contributed by atoms with Gasteiger partial charge in [-0.05, 0) is 6.42 Å². The van der Waals surface area contributed by atoms with Gasteiger partial charge in [-0.1, -0.05) is 0 Å². The summed E-state index contributed by atoms with van der Waals surface area (Å²) < 4.78 is 33.9. The van der Waals surface area contributed by atoms with Crippen molar-refractivity contribution in [2.24, 2.45) is 0 Å². The number of carbonyl (C=O) groups excluding carboxylic acids is 1. The van der Waals surface area contributed by atoms with Crippen molar-refractivity contribution in [1.82, 2.24) is 4.72 Å². The Morgan fingerprint density at radius 3 is 2.50 bits per heavy atom. The molecule has 0 heterocycles. The van der Waals surface area contributed by atoms with Crippen LogP contribution in [-0.4, -0.2) is 58.7 Å². The summed E-state index contributed by atoms with van der Waals surface area (Å²) in [7, 11) is -1.03. The van der Waals surface area contributed by atoms with Gasteiger partial charge in [0.1, 0.15) is 6.04 Å². The molecular formula is C8H17NO6S. The average molecular weight is 255 g/mol. The van der Waals surface area contributed by atoms with Gasteiger partial charge in [-0.3, -0.25) is 4.79 Å². The number of carbonyl (C=O) groups is 1. The fourth-order valence-electron chi connectivity index (χ4n) is 0.971. The van der Waals surface area contributed by atoms with Gasteiger partial charge in [0.05, 0.1) is 19.5 Å². The molecule has 8 heteroatoms. The molecule has 0 aromatic rings. The van der Waals surface area contributed by atoms with Crippen LogP contribution in [0.25, 0.3) is 0 Å². The maximum atomic E-state index is 11.4. The highest BCUT2D eigenvalue weighted by Crippen LogP contribution is 1.95. The Labute approximate surface area is 94.8 Å². The number of hydrogen-bond donors (Lipinski definition) is 2. The first-order chi connectivity index (χ1) is 7.46. The second-order valence-corrected chi connectivity index (χ2v) is 4.91. The monoisotopic (exact) mass is 255 g/mol. The van der Waals surface area contributed by atoms with Crippen LogP contribution in [0.5, 0.6) is 0 Å². The maximum absolute atomic E-state index is 11.4. The van der Waals surface area contributed by atoms with Crippen molar-refractivity contribution < 1.29 is 27.8 Å². The Morgan fingerprint density at radius 1 is 1.44 bits per heavy atom. The molecule has 0 fully saturated rings. The summed E-state index contributed by atoms with van der Waals surface area (Å²) in [4.78, 5) is 11.0. The lowest BCUT2D eigenvalue weighted by molar-refractivity contribution is -0.143. The lowest BCUT2D eigenvalue weighted by Gasteiger charge is -2.13. The van der Waals surface area contributed by atoms with Gasteiger partial charge in [-0.15, -0.1) is 0 Å². The highest BCUT2D eigenvalue weighted by atomic mass is 32.2. The van der Waals surface area contributed by atoms with Gasteiger partial charge in [0.2, 0.25) is 10.0 Å². The molecule has 0 aliphatic heterocycles. The summed E-state index contributed by atoms with van der Waals surface area (Å²) in [6.45, 7) is -0.334. The molecule has 1 atom stereocenters. The number of methoxy groups -OCH3 is 2. The normalized spacial score (nSPS) is 13.4. The predicted molar refractivity (Wildman–Crippen MR) is 56.3 cm³/mol. The largest absolute Gasteiger partial charge is 0.468 e. The Kier molecular flexibility index (Phi) is 7.22. The molecule has 0 aliphatic rings. The lowest BCUT2D eigenvalue weighted by atomic mass is 10.3. The SMILES string of the molecule is COCCCS(=O)(=O)NC(CO)C(=O)OC. The number of aliphatic hydroxyl groups is 1. The van der Waals surface area contributed by atoms with Gasteiger partial charge < -0.3 is 14.6 Å². The molecule has 0 aromatic heterocycles. The first-order valence-corrected chi connectivity index (χ1v) is 6.29. The van der Waals surface area contributed by atoms with Crippen molar-refractivity contribution in [1.29, 1.82) is 0 Å². The standard InChI is InChI=1S/C8H17NO6S/c1-14-4-3-5-16(12,13)9-7(6-10)8(11)15-2/h7,9-10H,3-6H2,1-2H3. The zero-order valence-electron chi connectivity index (χ0n) is 9.30. The van der Waals surface area contributed by atoms with E-state index in [0.29, 0.717) is 13.0 Å². The van der Waals surface area contributed by atoms with Crippen LogP contribution < -0.4 is 4.72 Å². The summed E-state index contributed by atoms with van der Waals surface area (Å²) in [6, 6.07) is -1.25. The molecule has 0 spiro atoms. The third kappa shape index (κ3) is 6.01. The van der Waals surface area contributed by atoms with Crippen LogP contribution in [0.15, 0.2) is 0 Å². The van der Waals surface area contributed by atoms with Gasteiger partial charge in [0.25, 0.3) is 0 Å². The molecule has 0 radical (unpaired) electrons. The minimum Gasteiger partial charge on any atom is -0.468 e. The van der Waals surface area contributed by atoms with Gasteiger partial charge in [-0.2, -0.15) is 4.72 Å². The summed E-state index contributed by atoms with van der Waals surface area (Å²) in [5.74, 6) is -0.994. The van der Waals surface area contributed by atoms with Crippen molar-refractivity contribution in [2.45, 2.75) is 12.5 Å². The number of hydrogen-bond acceptors (Lipinski definition) is 6. The van der Waals surface area contributed by atoms with E-state index >= 15 is 0 Å². The van der Waals surface area contributed by atoms with Crippen molar-refractivity contribution in [3.8, 4) is 0 Å². The maximum Gasteiger partial charge on any atom is 0.326 e. The summed E-state index contributed by atoms with van der Waals surface area (Å²) in [5, 5.41) is 8.81. The van der Waals surface area contributed by atoms with Crippen molar-refractivity contribution in [3.63, 3.8) is 0 Å². The Bertz CT molecular complexity index is 302. The van der Waals surface area contributed by atoms with Gasteiger partial charge in [0, 0.05) is 13.7 Å². The average Bonchev–Trinajstić information content (AvgIpc) is 2.25. The lowest BCUT2D eigenvalue weighted by Crippen LogP contribution is -2.44. The highest BCUT2D eigenvalue weighted by Gasteiger charge is 2.23. The van der Waals surface area contributed by atoms with Crippen molar-refractivity contribution in [3.05, 3.63) is 0 Å². The molecule has 0 rings (SSSR count). The van der Waals surface area contributed by atoms with E-state index in [4.69, 9.17) is 9.84 Å². The molecule has 0 amide bonds. The number of nitrogens with one attached hydrogen (secondary N) is 1. The van der Waals surface area contributed by atoms with Crippen LogP contribution >= 0.6 is 0 Å². The number of rotatable bonds is 8. The Balaban J connectivity index is 4.26. The molecule has 16 heavy (non-hydrogen) atoms. The topological polar surface area (TPSA) is 102 Å². The first-order valence-electron chi connectivity index (χ1n) is 4.64. The van der Waals surface area contributed by atoms with Gasteiger partial charge in [-0.25, -0.2) is 8.42 Å². The van der Waals surface area contributed by atoms with Crippen LogP contribution in [0.4, 0.5) is 0 Å². The van der Waals surface area contributed by atoms with E-state index in [1.807, 2.05) is 4.72 Å².